The van der Waals surface area contributed by atoms with Crippen LogP contribution in [0.1, 0.15) is 45.7 Å². The SMILES string of the molecule is CCN(CC)C(=O)c1ccccc1NC(=O)c1ccc(NS(=O)(=O)c2ccc(C)cc2)c(C)c1. The Labute approximate surface area is 200 Å². The van der Waals surface area contributed by atoms with Gasteiger partial charge in [-0.25, -0.2) is 8.42 Å². The lowest BCUT2D eigenvalue weighted by Crippen LogP contribution is -2.31. The molecule has 3 aromatic carbocycles. The number of anilines is 2. The number of sulfonamides is 1. The number of carbonyl (C=O) groups is 2. The van der Waals surface area contributed by atoms with Gasteiger partial charge >= 0.3 is 0 Å². The minimum Gasteiger partial charge on any atom is -0.339 e. The second-order valence-electron chi connectivity index (χ2n) is 7.93. The fraction of sp³-hybridized carbons (Fsp3) is 0.231. The van der Waals surface area contributed by atoms with Gasteiger partial charge in [-0.1, -0.05) is 29.8 Å². The van der Waals surface area contributed by atoms with E-state index in [9.17, 15) is 18.0 Å². The normalized spacial score (nSPS) is 11.1. The quantitative estimate of drug-likeness (QED) is 0.483. The number of benzene rings is 3. The van der Waals surface area contributed by atoms with Crippen molar-refractivity contribution in [2.24, 2.45) is 0 Å². The lowest BCUT2D eigenvalue weighted by molar-refractivity contribution is 0.0774. The van der Waals surface area contributed by atoms with Crippen LogP contribution < -0.4 is 10.0 Å². The minimum atomic E-state index is -3.76. The molecule has 0 aromatic heterocycles. The first kappa shape index (κ1) is 25.0. The van der Waals surface area contributed by atoms with Crippen LogP contribution in [0.4, 0.5) is 11.4 Å². The third-order valence-corrected chi connectivity index (χ3v) is 6.90. The zero-order valence-electron chi connectivity index (χ0n) is 19.8. The van der Waals surface area contributed by atoms with Crippen LogP contribution >= 0.6 is 0 Å². The molecule has 0 radical (unpaired) electrons. The van der Waals surface area contributed by atoms with Gasteiger partial charge in [0.05, 0.1) is 21.8 Å². The summed E-state index contributed by atoms with van der Waals surface area (Å²) in [5.41, 5.74) is 3.13. The first-order valence-electron chi connectivity index (χ1n) is 11.1. The predicted octanol–water partition coefficient (Wildman–Crippen LogP) is 4.84. The van der Waals surface area contributed by atoms with Gasteiger partial charge in [0, 0.05) is 18.7 Å². The highest BCUT2D eigenvalue weighted by Gasteiger charge is 2.19. The van der Waals surface area contributed by atoms with E-state index >= 15 is 0 Å². The molecule has 0 aliphatic rings. The van der Waals surface area contributed by atoms with Crippen LogP contribution in [0, 0.1) is 13.8 Å². The molecule has 3 rings (SSSR count). The van der Waals surface area contributed by atoms with Gasteiger partial charge in [0.1, 0.15) is 0 Å². The van der Waals surface area contributed by atoms with E-state index in [0.717, 1.165) is 5.56 Å². The first-order valence-corrected chi connectivity index (χ1v) is 12.5. The molecule has 8 heteroatoms. The molecule has 0 atom stereocenters. The van der Waals surface area contributed by atoms with E-state index in [4.69, 9.17) is 0 Å². The largest absolute Gasteiger partial charge is 0.339 e. The molecule has 7 nitrogen and oxygen atoms in total. The average Bonchev–Trinajstić information content (AvgIpc) is 2.81. The molecule has 0 unspecified atom stereocenters. The molecule has 0 saturated heterocycles. The van der Waals surface area contributed by atoms with Crippen molar-refractivity contribution in [1.29, 1.82) is 0 Å². The van der Waals surface area contributed by atoms with E-state index in [1.807, 2.05) is 20.8 Å². The summed E-state index contributed by atoms with van der Waals surface area (Å²) in [5, 5.41) is 2.81. The lowest BCUT2D eigenvalue weighted by atomic mass is 10.1. The number of para-hydroxylation sites is 1. The van der Waals surface area contributed by atoms with Gasteiger partial charge in [-0.3, -0.25) is 14.3 Å². The Morgan fingerprint density at radius 3 is 2.12 bits per heavy atom. The average molecular weight is 480 g/mol. The Morgan fingerprint density at radius 2 is 1.50 bits per heavy atom. The van der Waals surface area contributed by atoms with Crippen LogP contribution in [-0.2, 0) is 10.0 Å². The standard InChI is InChI=1S/C26H29N3O4S/c1-5-29(6-2)26(31)22-9-7-8-10-24(22)27-25(30)20-13-16-23(19(4)17-20)28-34(32,33)21-14-11-18(3)12-15-21/h7-17,28H,5-6H2,1-4H3,(H,27,30). The number of nitrogens with zero attached hydrogens (tertiary/aromatic N) is 1. The van der Waals surface area contributed by atoms with Crippen LogP contribution in [0.2, 0.25) is 0 Å². The second-order valence-corrected chi connectivity index (χ2v) is 9.61. The third-order valence-electron chi connectivity index (χ3n) is 5.52. The fourth-order valence-electron chi connectivity index (χ4n) is 3.49. The van der Waals surface area contributed by atoms with Crippen LogP contribution in [0.3, 0.4) is 0 Å². The van der Waals surface area contributed by atoms with Gasteiger partial charge in [0.25, 0.3) is 21.8 Å². The smallest absolute Gasteiger partial charge is 0.261 e. The Morgan fingerprint density at radius 1 is 0.853 bits per heavy atom. The van der Waals surface area contributed by atoms with Crippen molar-refractivity contribution in [2.75, 3.05) is 23.1 Å². The molecule has 2 N–H and O–H groups in total. The van der Waals surface area contributed by atoms with Crippen LogP contribution in [0.25, 0.3) is 0 Å². The van der Waals surface area contributed by atoms with Gasteiger partial charge in [-0.05, 0) is 75.7 Å². The van der Waals surface area contributed by atoms with Crippen molar-refractivity contribution >= 4 is 33.2 Å². The maximum Gasteiger partial charge on any atom is 0.261 e. The van der Waals surface area contributed by atoms with Gasteiger partial charge in [0.2, 0.25) is 0 Å². The van der Waals surface area contributed by atoms with E-state index in [1.54, 1.807) is 78.6 Å². The number of rotatable bonds is 8. The highest BCUT2D eigenvalue weighted by Crippen LogP contribution is 2.23. The predicted molar refractivity (Wildman–Crippen MR) is 135 cm³/mol. The highest BCUT2D eigenvalue weighted by atomic mass is 32.2. The number of nitrogens with one attached hydrogen (secondary N) is 2. The van der Waals surface area contributed by atoms with Crippen molar-refractivity contribution in [3.05, 3.63) is 89.0 Å². The van der Waals surface area contributed by atoms with Gasteiger partial charge in [-0.2, -0.15) is 0 Å². The summed E-state index contributed by atoms with van der Waals surface area (Å²) in [4.78, 5) is 27.6. The Hall–Kier alpha value is -3.65. The fourth-order valence-corrected chi connectivity index (χ4v) is 4.63. The summed E-state index contributed by atoms with van der Waals surface area (Å²) >= 11 is 0. The molecular weight excluding hydrogens is 450 g/mol. The molecule has 0 spiro atoms. The number of aryl methyl sites for hydroxylation is 2. The number of amides is 2. The molecule has 2 amide bonds. The highest BCUT2D eigenvalue weighted by molar-refractivity contribution is 7.92. The molecule has 0 heterocycles. The van der Waals surface area contributed by atoms with Crippen LogP contribution in [0.5, 0.6) is 0 Å². The molecule has 3 aromatic rings. The third kappa shape index (κ3) is 5.63. The zero-order chi connectivity index (χ0) is 24.9. The molecule has 0 fully saturated rings. The van der Waals surface area contributed by atoms with Gasteiger partial charge in [0.15, 0.2) is 0 Å². The number of carbonyl (C=O) groups excluding carboxylic acids is 2. The van der Waals surface area contributed by atoms with Gasteiger partial charge < -0.3 is 10.2 Å². The molecular formula is C26H29N3O4S. The van der Waals surface area contributed by atoms with Crippen LogP contribution in [-0.4, -0.2) is 38.2 Å². The summed E-state index contributed by atoms with van der Waals surface area (Å²) < 4.78 is 28.0. The lowest BCUT2D eigenvalue weighted by Gasteiger charge is -2.20. The summed E-state index contributed by atoms with van der Waals surface area (Å²) in [5.74, 6) is -0.547. The molecule has 34 heavy (non-hydrogen) atoms. The summed E-state index contributed by atoms with van der Waals surface area (Å²) in [6, 6.07) is 18.2. The maximum absolute atomic E-state index is 12.9. The zero-order valence-corrected chi connectivity index (χ0v) is 20.6. The van der Waals surface area contributed by atoms with E-state index in [-0.39, 0.29) is 10.8 Å². The Kier molecular flexibility index (Phi) is 7.73. The molecule has 178 valence electrons. The van der Waals surface area contributed by atoms with E-state index in [0.29, 0.717) is 41.2 Å². The van der Waals surface area contributed by atoms with Crippen molar-refractivity contribution in [2.45, 2.75) is 32.6 Å². The summed E-state index contributed by atoms with van der Waals surface area (Å²) in [6.45, 7) is 8.55. The topological polar surface area (TPSA) is 95.6 Å². The van der Waals surface area contributed by atoms with Crippen molar-refractivity contribution < 1.29 is 18.0 Å². The number of hydrogen-bond acceptors (Lipinski definition) is 4. The Balaban J connectivity index is 1.80. The second kappa shape index (κ2) is 10.5. The summed E-state index contributed by atoms with van der Waals surface area (Å²) in [6.07, 6.45) is 0. The molecule has 0 bridgehead atoms. The Bertz CT molecular complexity index is 1300. The maximum atomic E-state index is 12.9. The van der Waals surface area contributed by atoms with Crippen molar-refractivity contribution in [3.8, 4) is 0 Å². The van der Waals surface area contributed by atoms with Gasteiger partial charge in [-0.15, -0.1) is 0 Å². The summed E-state index contributed by atoms with van der Waals surface area (Å²) in [7, 11) is -3.76. The molecule has 0 saturated carbocycles. The van der Waals surface area contributed by atoms with Crippen LogP contribution in [0.15, 0.2) is 71.6 Å². The minimum absolute atomic E-state index is 0.155. The first-order chi connectivity index (χ1) is 16.2. The number of hydrogen-bond donors (Lipinski definition) is 2. The van der Waals surface area contributed by atoms with Crippen molar-refractivity contribution in [1.82, 2.24) is 4.90 Å². The molecule has 0 aliphatic heterocycles. The van der Waals surface area contributed by atoms with E-state index < -0.39 is 15.9 Å². The monoisotopic (exact) mass is 479 g/mol. The van der Waals surface area contributed by atoms with Crippen molar-refractivity contribution in [3.63, 3.8) is 0 Å². The molecule has 0 aliphatic carbocycles. The van der Waals surface area contributed by atoms with E-state index in [1.165, 1.54) is 0 Å². The van der Waals surface area contributed by atoms with E-state index in [2.05, 4.69) is 10.0 Å².